The smallest absolute Gasteiger partial charge is 0.204 e. The first-order chi connectivity index (χ1) is 6.38. The van der Waals surface area contributed by atoms with Gasteiger partial charge in [-0.25, -0.2) is 8.78 Å². The van der Waals surface area contributed by atoms with Gasteiger partial charge in [0.25, 0.3) is 0 Å². The molecule has 6 heteroatoms. The molecule has 1 nitrogen and oxygen atoms in total. The van der Waals surface area contributed by atoms with Gasteiger partial charge in [-0.2, -0.15) is 18.4 Å². The first kappa shape index (κ1) is 10.4. The van der Waals surface area contributed by atoms with Gasteiger partial charge in [0, 0.05) is 0 Å². The molecule has 1 rings (SSSR count). The van der Waals surface area contributed by atoms with Gasteiger partial charge in [-0.05, 0) is 12.1 Å². The van der Waals surface area contributed by atoms with Crippen molar-refractivity contribution in [3.63, 3.8) is 0 Å². The lowest BCUT2D eigenvalue weighted by atomic mass is 10.1. The Balaban J connectivity index is 3.49. The first-order valence-electron chi connectivity index (χ1n) is 3.33. The third-order valence-corrected chi connectivity index (χ3v) is 1.51. The predicted octanol–water partition coefficient (Wildman–Crippen LogP) is 2.86. The second-order valence-electron chi connectivity index (χ2n) is 2.39. The van der Waals surface area contributed by atoms with Crippen LogP contribution in [0.25, 0.3) is 0 Å². The molecular formula is C8H2F5N. The number of rotatable bonds is 0. The minimum absolute atomic E-state index is 0.330. The summed E-state index contributed by atoms with van der Waals surface area (Å²) in [5.41, 5.74) is -2.80. The highest BCUT2D eigenvalue weighted by molar-refractivity contribution is 5.41. The maximum atomic E-state index is 12.7. The van der Waals surface area contributed by atoms with Crippen LogP contribution in [-0.4, -0.2) is 0 Å². The molecule has 0 aliphatic heterocycles. The lowest BCUT2D eigenvalue weighted by Crippen LogP contribution is -2.10. The van der Waals surface area contributed by atoms with Gasteiger partial charge < -0.3 is 0 Å². The van der Waals surface area contributed by atoms with Crippen LogP contribution in [0.1, 0.15) is 11.1 Å². The van der Waals surface area contributed by atoms with Crippen molar-refractivity contribution in [2.45, 2.75) is 6.18 Å². The lowest BCUT2D eigenvalue weighted by Gasteiger charge is -2.08. The molecule has 0 atom stereocenters. The zero-order chi connectivity index (χ0) is 10.9. The second-order valence-corrected chi connectivity index (χ2v) is 2.39. The van der Waals surface area contributed by atoms with Gasteiger partial charge in [-0.3, -0.25) is 0 Å². The SMILES string of the molecule is N#Cc1c(C(F)(F)F)ccc(F)c1F. The fourth-order valence-corrected chi connectivity index (χ4v) is 0.896. The molecule has 74 valence electrons. The Morgan fingerprint density at radius 2 is 1.71 bits per heavy atom. The van der Waals surface area contributed by atoms with Crippen LogP contribution in [0.15, 0.2) is 12.1 Å². The molecule has 0 spiro atoms. The summed E-state index contributed by atoms with van der Waals surface area (Å²) in [6.45, 7) is 0. The van der Waals surface area contributed by atoms with E-state index in [2.05, 4.69) is 0 Å². The summed E-state index contributed by atoms with van der Waals surface area (Å²) in [5.74, 6) is -3.25. The molecule has 0 radical (unpaired) electrons. The third-order valence-electron chi connectivity index (χ3n) is 1.51. The van der Waals surface area contributed by atoms with Crippen molar-refractivity contribution in [2.24, 2.45) is 0 Å². The number of hydrogen-bond acceptors (Lipinski definition) is 1. The van der Waals surface area contributed by atoms with Crippen LogP contribution in [0.5, 0.6) is 0 Å². The van der Waals surface area contributed by atoms with Crippen LogP contribution in [0.4, 0.5) is 22.0 Å². The van der Waals surface area contributed by atoms with Gasteiger partial charge in [0.1, 0.15) is 11.6 Å². The van der Waals surface area contributed by atoms with Gasteiger partial charge in [0.2, 0.25) is 0 Å². The van der Waals surface area contributed by atoms with E-state index in [-0.39, 0.29) is 0 Å². The highest BCUT2D eigenvalue weighted by Gasteiger charge is 2.35. The minimum Gasteiger partial charge on any atom is -0.204 e. The molecule has 0 aliphatic rings. The number of nitriles is 1. The zero-order valence-electron chi connectivity index (χ0n) is 6.49. The van der Waals surface area contributed by atoms with Gasteiger partial charge in [-0.1, -0.05) is 0 Å². The second kappa shape index (κ2) is 3.25. The summed E-state index contributed by atoms with van der Waals surface area (Å²) in [5, 5.41) is 8.23. The Morgan fingerprint density at radius 3 is 2.14 bits per heavy atom. The van der Waals surface area contributed by atoms with E-state index in [4.69, 9.17) is 5.26 Å². The van der Waals surface area contributed by atoms with Gasteiger partial charge in [0.05, 0.1) is 5.56 Å². The average Bonchev–Trinajstić information content (AvgIpc) is 2.07. The van der Waals surface area contributed by atoms with E-state index in [0.717, 1.165) is 6.07 Å². The summed E-state index contributed by atoms with van der Waals surface area (Å²) in [7, 11) is 0. The van der Waals surface area contributed by atoms with Crippen molar-refractivity contribution in [2.75, 3.05) is 0 Å². The number of alkyl halides is 3. The Kier molecular flexibility index (Phi) is 2.43. The molecule has 0 aromatic heterocycles. The molecule has 1 aromatic carbocycles. The Bertz CT molecular complexity index is 401. The van der Waals surface area contributed by atoms with Crippen LogP contribution in [0.3, 0.4) is 0 Å². The largest absolute Gasteiger partial charge is 0.417 e. The summed E-state index contributed by atoms with van der Waals surface area (Å²) in [6.07, 6.45) is -4.86. The number of nitrogens with zero attached hydrogens (tertiary/aromatic N) is 1. The molecule has 0 saturated carbocycles. The van der Waals surface area contributed by atoms with E-state index in [1.807, 2.05) is 0 Å². The van der Waals surface area contributed by atoms with Crippen LogP contribution in [0.2, 0.25) is 0 Å². The lowest BCUT2D eigenvalue weighted by molar-refractivity contribution is -0.138. The average molecular weight is 207 g/mol. The van der Waals surface area contributed by atoms with E-state index < -0.39 is 28.9 Å². The maximum Gasteiger partial charge on any atom is 0.417 e. The summed E-state index contributed by atoms with van der Waals surface area (Å²) in [6, 6.07) is 1.64. The summed E-state index contributed by atoms with van der Waals surface area (Å²) in [4.78, 5) is 0. The summed E-state index contributed by atoms with van der Waals surface area (Å²) < 4.78 is 61.5. The van der Waals surface area contributed by atoms with Gasteiger partial charge in [-0.15, -0.1) is 0 Å². The van der Waals surface area contributed by atoms with Crippen molar-refractivity contribution in [1.29, 1.82) is 5.26 Å². The molecule has 0 heterocycles. The molecular weight excluding hydrogens is 205 g/mol. The molecule has 1 aromatic rings. The highest BCUT2D eigenvalue weighted by Crippen LogP contribution is 2.33. The predicted molar refractivity (Wildman–Crippen MR) is 36.1 cm³/mol. The van der Waals surface area contributed by atoms with Crippen LogP contribution >= 0.6 is 0 Å². The fourth-order valence-electron chi connectivity index (χ4n) is 0.896. The van der Waals surface area contributed by atoms with Crippen molar-refractivity contribution in [3.05, 3.63) is 34.9 Å². The standard InChI is InChI=1S/C8H2F5N/c9-6-2-1-5(8(11,12)13)4(3-14)7(6)10/h1-2H. The Morgan fingerprint density at radius 1 is 1.14 bits per heavy atom. The zero-order valence-corrected chi connectivity index (χ0v) is 6.49. The third kappa shape index (κ3) is 1.66. The topological polar surface area (TPSA) is 23.8 Å². The Hall–Kier alpha value is -1.64. The monoisotopic (exact) mass is 207 g/mol. The normalized spacial score (nSPS) is 11.1. The highest BCUT2D eigenvalue weighted by atomic mass is 19.4. The Labute approximate surface area is 75.4 Å². The molecule has 0 unspecified atom stereocenters. The molecule has 0 fully saturated rings. The minimum atomic E-state index is -4.86. The maximum absolute atomic E-state index is 12.7. The molecule has 0 bridgehead atoms. The van der Waals surface area contributed by atoms with Crippen LogP contribution in [0, 0.1) is 23.0 Å². The molecule has 0 N–H and O–H groups in total. The molecule has 0 aliphatic carbocycles. The van der Waals surface area contributed by atoms with E-state index in [9.17, 15) is 22.0 Å². The van der Waals surface area contributed by atoms with Gasteiger partial charge >= 0.3 is 6.18 Å². The molecule has 0 saturated heterocycles. The van der Waals surface area contributed by atoms with Crippen molar-refractivity contribution in [1.82, 2.24) is 0 Å². The first-order valence-corrected chi connectivity index (χ1v) is 3.33. The number of hydrogen-bond donors (Lipinski definition) is 0. The van der Waals surface area contributed by atoms with Crippen LogP contribution < -0.4 is 0 Å². The van der Waals surface area contributed by atoms with Gasteiger partial charge in [0.15, 0.2) is 11.6 Å². The van der Waals surface area contributed by atoms with Crippen molar-refractivity contribution < 1.29 is 22.0 Å². The van der Waals surface area contributed by atoms with E-state index >= 15 is 0 Å². The van der Waals surface area contributed by atoms with E-state index in [1.54, 1.807) is 0 Å². The number of benzene rings is 1. The fraction of sp³-hybridized carbons (Fsp3) is 0.125. The molecule has 0 amide bonds. The van der Waals surface area contributed by atoms with Crippen molar-refractivity contribution >= 4 is 0 Å². The molecule has 14 heavy (non-hydrogen) atoms. The van der Waals surface area contributed by atoms with Crippen LogP contribution in [-0.2, 0) is 6.18 Å². The van der Waals surface area contributed by atoms with E-state index in [0.29, 0.717) is 12.1 Å². The van der Waals surface area contributed by atoms with E-state index in [1.165, 1.54) is 0 Å². The summed E-state index contributed by atoms with van der Waals surface area (Å²) >= 11 is 0. The van der Waals surface area contributed by atoms with Crippen molar-refractivity contribution in [3.8, 4) is 6.07 Å². The quantitative estimate of drug-likeness (QED) is 0.600. The number of halogens is 5.